The van der Waals surface area contributed by atoms with Crippen molar-refractivity contribution < 1.29 is 19.0 Å². The highest BCUT2D eigenvalue weighted by Crippen LogP contribution is 2.35. The molecule has 1 aliphatic rings. The second-order valence-electron chi connectivity index (χ2n) is 4.98. The van der Waals surface area contributed by atoms with Crippen LogP contribution in [0.1, 0.15) is 20.8 Å². The first-order chi connectivity index (χ1) is 8.90. The number of hydrogen-bond donors (Lipinski definition) is 0. The summed E-state index contributed by atoms with van der Waals surface area (Å²) in [6.45, 7) is 5.50. The van der Waals surface area contributed by atoms with Crippen molar-refractivity contribution in [1.29, 1.82) is 0 Å². The highest BCUT2D eigenvalue weighted by Gasteiger charge is 2.24. The second kappa shape index (κ2) is 4.73. The van der Waals surface area contributed by atoms with Crippen LogP contribution in [0.2, 0.25) is 0 Å². The molecule has 100 valence electrons. The fourth-order valence-electron chi connectivity index (χ4n) is 1.56. The van der Waals surface area contributed by atoms with Gasteiger partial charge in [0.2, 0.25) is 6.79 Å². The van der Waals surface area contributed by atoms with Gasteiger partial charge in [0.25, 0.3) is 0 Å². The molecule has 1 aromatic carbocycles. The monoisotopic (exact) mass is 261 g/mol. The molecule has 0 N–H and O–H groups in total. The maximum absolute atomic E-state index is 12.0. The average molecular weight is 261 g/mol. The van der Waals surface area contributed by atoms with E-state index in [4.69, 9.17) is 20.6 Å². The molecule has 1 amide bonds. The molecule has 0 atom stereocenters. The zero-order valence-electron chi connectivity index (χ0n) is 11.1. The Labute approximate surface area is 112 Å². The summed E-state index contributed by atoms with van der Waals surface area (Å²) in [5.41, 5.74) is -0.108. The molecule has 0 radical (unpaired) electrons. The van der Waals surface area contributed by atoms with Gasteiger partial charge in [-0.25, -0.2) is 9.69 Å². The fraction of sp³-hybridized carbons (Fsp3) is 0.357. The Bertz CT molecular complexity index is 539. The maximum Gasteiger partial charge on any atom is 0.426 e. The molecule has 0 bridgehead atoms. The van der Waals surface area contributed by atoms with Gasteiger partial charge >= 0.3 is 6.09 Å². The van der Waals surface area contributed by atoms with Crippen LogP contribution in [-0.4, -0.2) is 18.5 Å². The standard InChI is InChI=1S/C14H15NO4/c1-5-15(13(16)19-14(2,3)4)10-6-7-11-12(8-10)18-9-17-11/h1,6-8H,9H2,2-4H3. The Morgan fingerprint density at radius 3 is 2.68 bits per heavy atom. The summed E-state index contributed by atoms with van der Waals surface area (Å²) in [6, 6.07) is 7.32. The third-order valence-corrected chi connectivity index (χ3v) is 2.32. The lowest BCUT2D eigenvalue weighted by molar-refractivity contribution is 0.0600. The second-order valence-corrected chi connectivity index (χ2v) is 4.98. The largest absolute Gasteiger partial charge is 0.454 e. The van der Waals surface area contributed by atoms with Crippen molar-refractivity contribution in [2.75, 3.05) is 11.7 Å². The van der Waals surface area contributed by atoms with Crippen LogP contribution in [0.3, 0.4) is 0 Å². The van der Waals surface area contributed by atoms with Crippen LogP contribution in [0.5, 0.6) is 11.5 Å². The first kappa shape index (κ1) is 13.1. The summed E-state index contributed by atoms with van der Waals surface area (Å²) in [5.74, 6) is 1.19. The Morgan fingerprint density at radius 2 is 2.05 bits per heavy atom. The molecule has 0 aliphatic carbocycles. The van der Waals surface area contributed by atoms with Crippen LogP contribution in [0.25, 0.3) is 0 Å². The molecule has 0 spiro atoms. The molecule has 0 fully saturated rings. The quantitative estimate of drug-likeness (QED) is 0.576. The molecule has 5 heteroatoms. The Morgan fingerprint density at radius 1 is 1.37 bits per heavy atom. The van der Waals surface area contributed by atoms with Crippen LogP contribution in [0.15, 0.2) is 18.2 Å². The number of terminal acetylenes is 1. The van der Waals surface area contributed by atoms with Gasteiger partial charge in [0.15, 0.2) is 11.5 Å². The summed E-state index contributed by atoms with van der Waals surface area (Å²) in [6.07, 6.45) is 4.77. The number of hydrogen-bond acceptors (Lipinski definition) is 4. The average Bonchev–Trinajstić information content (AvgIpc) is 2.74. The lowest BCUT2D eigenvalue weighted by atomic mass is 10.2. The molecule has 5 nitrogen and oxygen atoms in total. The van der Waals surface area contributed by atoms with Gasteiger partial charge < -0.3 is 14.2 Å². The molecular weight excluding hydrogens is 246 g/mol. The topological polar surface area (TPSA) is 48.0 Å². The summed E-state index contributed by atoms with van der Waals surface area (Å²) in [7, 11) is 0. The molecule has 1 aliphatic heterocycles. The van der Waals surface area contributed by atoms with Crippen molar-refractivity contribution >= 4 is 11.8 Å². The van der Waals surface area contributed by atoms with Crippen LogP contribution >= 0.6 is 0 Å². The minimum Gasteiger partial charge on any atom is -0.454 e. The molecular formula is C14H15NO4. The zero-order valence-corrected chi connectivity index (χ0v) is 11.1. The van der Waals surface area contributed by atoms with Crippen molar-refractivity contribution in [3.05, 3.63) is 18.2 Å². The van der Waals surface area contributed by atoms with Crippen molar-refractivity contribution in [1.82, 2.24) is 0 Å². The van der Waals surface area contributed by atoms with Gasteiger partial charge in [0.05, 0.1) is 5.69 Å². The molecule has 0 unspecified atom stereocenters. The SMILES string of the molecule is C#CN(C(=O)OC(C)(C)C)c1ccc2c(c1)OCO2. The lowest BCUT2D eigenvalue weighted by Crippen LogP contribution is -2.33. The van der Waals surface area contributed by atoms with Gasteiger partial charge in [-0.15, -0.1) is 0 Å². The number of nitrogens with zero attached hydrogens (tertiary/aromatic N) is 1. The first-order valence-corrected chi connectivity index (χ1v) is 5.80. The fourth-order valence-corrected chi connectivity index (χ4v) is 1.56. The van der Waals surface area contributed by atoms with Crippen LogP contribution in [0, 0.1) is 12.5 Å². The lowest BCUT2D eigenvalue weighted by Gasteiger charge is -2.23. The Balaban J connectivity index is 2.23. The smallest absolute Gasteiger partial charge is 0.426 e. The summed E-state index contributed by atoms with van der Waals surface area (Å²) in [4.78, 5) is 13.1. The number of rotatable bonds is 1. The predicted octanol–water partition coefficient (Wildman–Crippen LogP) is 2.75. The van der Waals surface area contributed by atoms with Gasteiger partial charge in [-0.1, -0.05) is 6.42 Å². The molecule has 0 saturated carbocycles. The molecule has 1 heterocycles. The van der Waals surface area contributed by atoms with Gasteiger partial charge in [-0.2, -0.15) is 0 Å². The third kappa shape index (κ3) is 2.91. The molecule has 2 rings (SSSR count). The highest BCUT2D eigenvalue weighted by molar-refractivity contribution is 5.91. The number of benzene rings is 1. The van der Waals surface area contributed by atoms with E-state index in [1.807, 2.05) is 0 Å². The molecule has 1 aromatic rings. The van der Waals surface area contributed by atoms with E-state index in [1.165, 1.54) is 0 Å². The van der Waals surface area contributed by atoms with Crippen molar-refractivity contribution in [2.24, 2.45) is 0 Å². The molecule has 0 aromatic heterocycles. The Kier molecular flexibility index (Phi) is 3.26. The minimum absolute atomic E-state index is 0.168. The van der Waals surface area contributed by atoms with E-state index < -0.39 is 11.7 Å². The predicted molar refractivity (Wildman–Crippen MR) is 70.1 cm³/mol. The summed E-state index contributed by atoms with van der Waals surface area (Å²) in [5, 5.41) is 0. The maximum atomic E-state index is 12.0. The summed E-state index contributed by atoms with van der Waals surface area (Å²) >= 11 is 0. The zero-order chi connectivity index (χ0) is 14.0. The number of anilines is 1. The van der Waals surface area contributed by atoms with E-state index >= 15 is 0 Å². The van der Waals surface area contributed by atoms with E-state index in [0.29, 0.717) is 17.2 Å². The van der Waals surface area contributed by atoms with E-state index in [0.717, 1.165) is 4.90 Å². The van der Waals surface area contributed by atoms with Crippen molar-refractivity contribution in [3.8, 4) is 24.0 Å². The van der Waals surface area contributed by atoms with E-state index in [2.05, 4.69) is 6.04 Å². The third-order valence-electron chi connectivity index (χ3n) is 2.32. The van der Waals surface area contributed by atoms with E-state index in [-0.39, 0.29) is 6.79 Å². The first-order valence-electron chi connectivity index (χ1n) is 5.80. The number of carbonyl (C=O) groups excluding carboxylic acids is 1. The van der Waals surface area contributed by atoms with Crippen molar-refractivity contribution in [3.63, 3.8) is 0 Å². The summed E-state index contributed by atoms with van der Waals surface area (Å²) < 4.78 is 15.7. The van der Waals surface area contributed by atoms with Gasteiger partial charge in [0.1, 0.15) is 5.60 Å². The van der Waals surface area contributed by atoms with Gasteiger partial charge in [0, 0.05) is 12.1 Å². The van der Waals surface area contributed by atoms with Gasteiger partial charge in [-0.05, 0) is 32.9 Å². The molecule has 19 heavy (non-hydrogen) atoms. The van der Waals surface area contributed by atoms with Crippen LogP contribution in [0.4, 0.5) is 10.5 Å². The highest BCUT2D eigenvalue weighted by atomic mass is 16.7. The number of ether oxygens (including phenoxy) is 3. The van der Waals surface area contributed by atoms with Crippen molar-refractivity contribution in [2.45, 2.75) is 26.4 Å². The minimum atomic E-state index is -0.609. The number of fused-ring (bicyclic) bond motifs is 1. The number of amides is 1. The van der Waals surface area contributed by atoms with Crippen LogP contribution < -0.4 is 14.4 Å². The van der Waals surface area contributed by atoms with E-state index in [9.17, 15) is 4.79 Å². The number of carbonyl (C=O) groups is 1. The van der Waals surface area contributed by atoms with Crippen LogP contribution in [-0.2, 0) is 4.74 Å². The van der Waals surface area contributed by atoms with Gasteiger partial charge in [-0.3, -0.25) is 0 Å². The van der Waals surface area contributed by atoms with E-state index in [1.54, 1.807) is 39.0 Å². The molecule has 0 saturated heterocycles. The Hall–Kier alpha value is -2.35. The normalized spacial score (nSPS) is 12.7.